The Morgan fingerprint density at radius 3 is 2.44 bits per heavy atom. The molecule has 0 bridgehead atoms. The smallest absolute Gasteiger partial charge is 0.238 e. The summed E-state index contributed by atoms with van der Waals surface area (Å²) >= 11 is 1.76. The summed E-state index contributed by atoms with van der Waals surface area (Å²) in [5, 5.41) is 10.1. The van der Waals surface area contributed by atoms with Crippen LogP contribution in [0.4, 0.5) is 0 Å². The van der Waals surface area contributed by atoms with Crippen molar-refractivity contribution in [1.29, 1.82) is 0 Å². The highest BCUT2D eigenvalue weighted by molar-refractivity contribution is 7.89. The van der Waals surface area contributed by atoms with Gasteiger partial charge in [-0.3, -0.25) is 4.79 Å². The van der Waals surface area contributed by atoms with E-state index < -0.39 is 10.0 Å². The number of primary sulfonamides is 1. The Bertz CT molecular complexity index is 754. The average Bonchev–Trinajstić information content (AvgIpc) is 3.09. The summed E-state index contributed by atoms with van der Waals surface area (Å²) in [6, 6.07) is 10.7. The van der Waals surface area contributed by atoms with E-state index in [2.05, 4.69) is 22.8 Å². The molecule has 1 aromatic heterocycles. The zero-order chi connectivity index (χ0) is 18.1. The molecule has 0 aliphatic rings. The van der Waals surface area contributed by atoms with Gasteiger partial charge in [-0.25, -0.2) is 13.6 Å². The Labute approximate surface area is 153 Å². The molecule has 0 unspecified atom stereocenters. The Kier molecular flexibility index (Phi) is 7.61. The highest BCUT2D eigenvalue weighted by atomic mass is 32.2. The number of rotatable bonds is 10. The number of sulfonamides is 1. The predicted molar refractivity (Wildman–Crippen MR) is 101 cm³/mol. The van der Waals surface area contributed by atoms with Gasteiger partial charge in [-0.15, -0.1) is 11.3 Å². The summed E-state index contributed by atoms with van der Waals surface area (Å²) in [7, 11) is -3.64. The fraction of sp³-hybridized carbons (Fsp3) is 0.389. The molecule has 0 aliphatic heterocycles. The molecular formula is C18H24N2O3S2. The molecule has 0 atom stereocenters. The van der Waals surface area contributed by atoms with Crippen LogP contribution in [-0.2, 0) is 27.7 Å². The van der Waals surface area contributed by atoms with Crippen LogP contribution < -0.4 is 10.5 Å². The van der Waals surface area contributed by atoms with Crippen LogP contribution in [0.25, 0.3) is 0 Å². The average molecular weight is 381 g/mol. The molecule has 0 aliphatic carbocycles. The number of nitrogens with one attached hydrogen (secondary N) is 1. The first-order chi connectivity index (χ1) is 11.9. The lowest BCUT2D eigenvalue weighted by Crippen LogP contribution is -2.24. The van der Waals surface area contributed by atoms with Gasteiger partial charge in [0, 0.05) is 17.8 Å². The number of nitrogens with two attached hydrogens (primary N) is 1. The van der Waals surface area contributed by atoms with E-state index in [0.29, 0.717) is 13.0 Å². The minimum absolute atomic E-state index is 0.0933. The van der Waals surface area contributed by atoms with Crippen molar-refractivity contribution in [1.82, 2.24) is 5.32 Å². The lowest BCUT2D eigenvalue weighted by Gasteiger charge is -2.06. The molecule has 1 amide bonds. The first-order valence-electron chi connectivity index (χ1n) is 8.36. The lowest BCUT2D eigenvalue weighted by atomic mass is 10.1. The van der Waals surface area contributed by atoms with Gasteiger partial charge in [0.15, 0.2) is 0 Å². The van der Waals surface area contributed by atoms with Gasteiger partial charge in [-0.1, -0.05) is 18.2 Å². The largest absolute Gasteiger partial charge is 0.356 e. The van der Waals surface area contributed by atoms with E-state index in [0.717, 1.165) is 37.7 Å². The van der Waals surface area contributed by atoms with Crippen LogP contribution in [0.3, 0.4) is 0 Å². The highest BCUT2D eigenvalue weighted by Gasteiger charge is 2.06. The van der Waals surface area contributed by atoms with Crippen LogP contribution in [-0.4, -0.2) is 20.9 Å². The molecule has 0 fully saturated rings. The lowest BCUT2D eigenvalue weighted by molar-refractivity contribution is -0.121. The van der Waals surface area contributed by atoms with Crippen LogP contribution in [0, 0.1) is 0 Å². The van der Waals surface area contributed by atoms with Crippen molar-refractivity contribution in [3.63, 3.8) is 0 Å². The molecule has 0 spiro atoms. The maximum absolute atomic E-state index is 11.8. The molecule has 3 N–H and O–H groups in total. The van der Waals surface area contributed by atoms with Crippen LogP contribution in [0.15, 0.2) is 46.7 Å². The van der Waals surface area contributed by atoms with Gasteiger partial charge in [0.2, 0.25) is 15.9 Å². The molecule has 136 valence electrons. The molecule has 1 aromatic carbocycles. The molecule has 0 saturated heterocycles. The summed E-state index contributed by atoms with van der Waals surface area (Å²) in [5.41, 5.74) is 1.03. The van der Waals surface area contributed by atoms with Gasteiger partial charge in [0.05, 0.1) is 4.90 Å². The third kappa shape index (κ3) is 7.37. The van der Waals surface area contributed by atoms with E-state index in [1.807, 2.05) is 0 Å². The SMILES string of the molecule is NS(=O)(=O)c1ccc(CCCNC(=O)CCCCc2cccs2)cc1. The minimum Gasteiger partial charge on any atom is -0.356 e. The minimum atomic E-state index is -3.64. The molecule has 25 heavy (non-hydrogen) atoms. The Balaban J connectivity index is 1.56. The van der Waals surface area contributed by atoms with Crippen molar-refractivity contribution >= 4 is 27.3 Å². The van der Waals surface area contributed by atoms with Crippen LogP contribution in [0.2, 0.25) is 0 Å². The first-order valence-corrected chi connectivity index (χ1v) is 10.8. The topological polar surface area (TPSA) is 89.3 Å². The Hall–Kier alpha value is -1.70. The van der Waals surface area contributed by atoms with E-state index in [9.17, 15) is 13.2 Å². The second-order valence-corrected chi connectivity index (χ2v) is 8.52. The maximum Gasteiger partial charge on any atom is 0.238 e. The molecule has 0 saturated carbocycles. The van der Waals surface area contributed by atoms with Gasteiger partial charge in [-0.05, 0) is 61.2 Å². The monoisotopic (exact) mass is 380 g/mol. The van der Waals surface area contributed by atoms with Crippen molar-refractivity contribution in [2.45, 2.75) is 43.4 Å². The number of hydrogen-bond donors (Lipinski definition) is 2. The van der Waals surface area contributed by atoms with Crippen molar-refractivity contribution in [2.24, 2.45) is 5.14 Å². The van der Waals surface area contributed by atoms with E-state index in [-0.39, 0.29) is 10.8 Å². The van der Waals surface area contributed by atoms with E-state index >= 15 is 0 Å². The van der Waals surface area contributed by atoms with Gasteiger partial charge in [0.25, 0.3) is 0 Å². The Morgan fingerprint density at radius 2 is 1.80 bits per heavy atom. The summed E-state index contributed by atoms with van der Waals surface area (Å²) in [6.07, 6.45) is 5.14. The quantitative estimate of drug-likeness (QED) is 0.621. The standard InChI is InChI=1S/C18H24N2O3S2/c19-25(22,23)17-11-9-15(10-12-17)5-3-13-20-18(21)8-2-1-6-16-7-4-14-24-16/h4,7,9-12,14H,1-3,5-6,8,13H2,(H,20,21)(H2,19,22,23). The molecule has 2 aromatic rings. The summed E-state index contributed by atoms with van der Waals surface area (Å²) in [5.74, 6) is 0.0933. The maximum atomic E-state index is 11.8. The van der Waals surface area contributed by atoms with Gasteiger partial charge in [0.1, 0.15) is 0 Å². The van der Waals surface area contributed by atoms with E-state index in [1.165, 1.54) is 17.0 Å². The number of aryl methyl sites for hydroxylation is 2. The second kappa shape index (κ2) is 9.70. The van der Waals surface area contributed by atoms with Gasteiger partial charge in [-0.2, -0.15) is 0 Å². The number of carbonyl (C=O) groups excluding carboxylic acids is 1. The predicted octanol–water partition coefficient (Wildman–Crippen LogP) is 2.86. The van der Waals surface area contributed by atoms with Crippen LogP contribution >= 0.6 is 11.3 Å². The zero-order valence-corrected chi connectivity index (χ0v) is 15.7. The molecular weight excluding hydrogens is 356 g/mol. The third-order valence-corrected chi connectivity index (χ3v) is 5.74. The number of thiophene rings is 1. The molecule has 7 heteroatoms. The molecule has 1 heterocycles. The van der Waals surface area contributed by atoms with E-state index in [4.69, 9.17) is 5.14 Å². The fourth-order valence-corrected chi connectivity index (χ4v) is 3.76. The number of carbonyl (C=O) groups is 1. The van der Waals surface area contributed by atoms with Crippen LogP contribution in [0.5, 0.6) is 0 Å². The highest BCUT2D eigenvalue weighted by Crippen LogP contribution is 2.13. The van der Waals surface area contributed by atoms with Gasteiger partial charge < -0.3 is 5.32 Å². The van der Waals surface area contributed by atoms with Crippen LogP contribution in [0.1, 0.15) is 36.1 Å². The number of amides is 1. The van der Waals surface area contributed by atoms with Crippen molar-refractivity contribution in [3.8, 4) is 0 Å². The third-order valence-electron chi connectivity index (χ3n) is 3.87. The zero-order valence-electron chi connectivity index (χ0n) is 14.1. The number of benzene rings is 1. The Morgan fingerprint density at radius 1 is 1.04 bits per heavy atom. The molecule has 5 nitrogen and oxygen atoms in total. The van der Waals surface area contributed by atoms with Gasteiger partial charge >= 0.3 is 0 Å². The fourth-order valence-electron chi connectivity index (χ4n) is 2.49. The first kappa shape index (κ1) is 19.6. The normalized spacial score (nSPS) is 11.4. The van der Waals surface area contributed by atoms with Crippen molar-refractivity contribution in [3.05, 3.63) is 52.2 Å². The number of unbranched alkanes of at least 4 members (excludes halogenated alkanes) is 1. The molecule has 2 rings (SSSR count). The summed E-state index contributed by atoms with van der Waals surface area (Å²) in [6.45, 7) is 0.626. The summed E-state index contributed by atoms with van der Waals surface area (Å²) in [4.78, 5) is 13.3. The van der Waals surface area contributed by atoms with E-state index in [1.54, 1.807) is 23.5 Å². The summed E-state index contributed by atoms with van der Waals surface area (Å²) < 4.78 is 22.4. The van der Waals surface area contributed by atoms with Crippen molar-refractivity contribution in [2.75, 3.05) is 6.54 Å². The van der Waals surface area contributed by atoms with Crippen molar-refractivity contribution < 1.29 is 13.2 Å². The molecule has 0 radical (unpaired) electrons. The second-order valence-electron chi connectivity index (χ2n) is 5.93. The number of hydrogen-bond acceptors (Lipinski definition) is 4.